The molecule has 0 amide bonds. The molecule has 3 rings (SSSR count). The summed E-state index contributed by atoms with van der Waals surface area (Å²) in [6, 6.07) is 5.86. The predicted octanol–water partition coefficient (Wildman–Crippen LogP) is 0.424. The molecule has 0 aliphatic carbocycles. The van der Waals surface area contributed by atoms with Crippen molar-refractivity contribution >= 4 is 27.5 Å². The van der Waals surface area contributed by atoms with Gasteiger partial charge >= 0.3 is 12.1 Å². The molecule has 0 saturated heterocycles. The highest BCUT2D eigenvalue weighted by Crippen LogP contribution is 2.30. The second kappa shape index (κ2) is 11.7. The minimum absolute atomic E-state index is 0.0674. The molecule has 10 nitrogen and oxygen atoms in total. The van der Waals surface area contributed by atoms with Crippen LogP contribution in [0.3, 0.4) is 0 Å². The molecule has 2 heterocycles. The number of esters is 1. The van der Waals surface area contributed by atoms with Gasteiger partial charge in [0, 0.05) is 20.0 Å². The number of likely N-dealkylation sites (N-methyl/N-ethyl adjacent to an activating group) is 1. The number of thiophene rings is 1. The first-order chi connectivity index (χ1) is 17.4. The molecule has 1 aromatic carbocycles. The van der Waals surface area contributed by atoms with Crippen LogP contribution in [0, 0.1) is 0 Å². The maximum Gasteiger partial charge on any atom is 0.416 e. The van der Waals surface area contributed by atoms with Gasteiger partial charge in [-0.3, -0.25) is 9.36 Å². The number of carbonyl (C=O) groups excluding carboxylic acids is 1. The maximum atomic E-state index is 13.0. The third-order valence-corrected chi connectivity index (χ3v) is 6.67. The quantitative estimate of drug-likeness (QED) is 0.228. The number of hydrogen-bond acceptors (Lipinski definition) is 10. The zero-order chi connectivity index (χ0) is 27.5. The second-order valence-electron chi connectivity index (χ2n) is 8.33. The van der Waals surface area contributed by atoms with Crippen molar-refractivity contribution in [2.24, 2.45) is 7.05 Å². The van der Waals surface area contributed by atoms with Gasteiger partial charge in [-0.1, -0.05) is 18.2 Å². The maximum absolute atomic E-state index is 13.0. The van der Waals surface area contributed by atoms with Crippen LogP contribution in [-0.4, -0.2) is 80.6 Å². The minimum atomic E-state index is -4.52. The largest absolute Gasteiger partial charge is 0.453 e. The first-order valence-electron chi connectivity index (χ1n) is 11.0. The van der Waals surface area contributed by atoms with E-state index in [-0.39, 0.29) is 39.4 Å². The third kappa shape index (κ3) is 6.52. The monoisotopic (exact) mass is 545 g/mol. The van der Waals surface area contributed by atoms with Gasteiger partial charge in [0.25, 0.3) is 5.56 Å². The van der Waals surface area contributed by atoms with E-state index < -0.39 is 54.3 Å². The molecule has 0 saturated carbocycles. The van der Waals surface area contributed by atoms with Crippen LogP contribution < -0.4 is 10.9 Å². The lowest BCUT2D eigenvalue weighted by Crippen LogP contribution is -2.50. The van der Waals surface area contributed by atoms with Crippen molar-refractivity contribution in [2.45, 2.75) is 37.0 Å². The molecule has 2 aromatic heterocycles. The smallest absolute Gasteiger partial charge is 0.416 e. The van der Waals surface area contributed by atoms with Crippen molar-refractivity contribution in [3.8, 4) is 0 Å². The van der Waals surface area contributed by atoms with E-state index in [1.807, 2.05) is 0 Å². The summed E-state index contributed by atoms with van der Waals surface area (Å²) in [5, 5.41) is 42.3. The van der Waals surface area contributed by atoms with E-state index in [9.17, 15) is 43.2 Å². The summed E-state index contributed by atoms with van der Waals surface area (Å²) in [7, 11) is 2.92. The molecule has 0 aliphatic rings. The lowest BCUT2D eigenvalue weighted by Gasteiger charge is -2.28. The summed E-state index contributed by atoms with van der Waals surface area (Å²) in [5.74, 6) is -0.846. The van der Waals surface area contributed by atoms with Crippen molar-refractivity contribution in [3.05, 3.63) is 62.5 Å². The normalized spacial score (nSPS) is 15.4. The number of benzene rings is 1. The Labute approximate surface area is 212 Å². The van der Waals surface area contributed by atoms with Gasteiger partial charge in [-0.25, -0.2) is 9.78 Å². The van der Waals surface area contributed by atoms with Crippen LogP contribution in [0.2, 0.25) is 0 Å². The van der Waals surface area contributed by atoms with E-state index in [2.05, 4.69) is 10.3 Å². The number of alkyl halides is 3. The first-order valence-corrected chi connectivity index (χ1v) is 11.8. The zero-order valence-electron chi connectivity index (χ0n) is 19.8. The fourth-order valence-corrected chi connectivity index (χ4v) is 4.52. The second-order valence-corrected chi connectivity index (χ2v) is 9.36. The molecule has 3 aromatic rings. The summed E-state index contributed by atoms with van der Waals surface area (Å²) in [6.45, 7) is -0.930. The predicted molar refractivity (Wildman–Crippen MR) is 127 cm³/mol. The van der Waals surface area contributed by atoms with Crippen LogP contribution in [-0.2, 0) is 24.4 Å². The highest BCUT2D eigenvalue weighted by Gasteiger charge is 2.34. The molecular weight excluding hydrogens is 519 g/mol. The first kappa shape index (κ1) is 28.7. The number of aromatic nitrogens is 2. The Bertz CT molecular complexity index is 1310. The van der Waals surface area contributed by atoms with Gasteiger partial charge in [0.05, 0.1) is 23.7 Å². The average Bonchev–Trinajstić information content (AvgIpc) is 3.29. The molecule has 14 heteroatoms. The number of aliphatic hydroxyl groups excluding tert-OH is 4. The zero-order valence-corrected chi connectivity index (χ0v) is 20.6. The van der Waals surface area contributed by atoms with E-state index in [1.54, 1.807) is 0 Å². The van der Waals surface area contributed by atoms with Gasteiger partial charge in [-0.05, 0) is 24.7 Å². The Morgan fingerprint density at radius 2 is 1.92 bits per heavy atom. The highest BCUT2D eigenvalue weighted by atomic mass is 32.1. The third-order valence-electron chi connectivity index (χ3n) is 5.66. The molecule has 0 aliphatic heterocycles. The van der Waals surface area contributed by atoms with E-state index in [0.717, 1.165) is 23.5 Å². The number of halogens is 3. The molecule has 0 bridgehead atoms. The molecule has 4 atom stereocenters. The number of fused-ring (bicyclic) bond motifs is 1. The topological polar surface area (TPSA) is 154 Å². The van der Waals surface area contributed by atoms with Gasteiger partial charge in [0.1, 0.15) is 27.7 Å². The van der Waals surface area contributed by atoms with Crippen molar-refractivity contribution < 1.29 is 43.1 Å². The molecule has 0 unspecified atom stereocenters. The van der Waals surface area contributed by atoms with Gasteiger partial charge in [-0.15, -0.1) is 11.3 Å². The number of hydrogen-bond donors (Lipinski definition) is 5. The lowest BCUT2D eigenvalue weighted by atomic mass is 10.0. The van der Waals surface area contributed by atoms with Crippen LogP contribution in [0.25, 0.3) is 10.2 Å². The van der Waals surface area contributed by atoms with Crippen molar-refractivity contribution in [3.63, 3.8) is 0 Å². The van der Waals surface area contributed by atoms with Crippen molar-refractivity contribution in [1.82, 2.24) is 14.9 Å². The number of nitrogens with zero attached hydrogens (tertiary/aromatic N) is 2. The Hall–Kier alpha value is -2.88. The van der Waals surface area contributed by atoms with Crippen LogP contribution in [0.5, 0.6) is 0 Å². The molecule has 5 N–H and O–H groups in total. The lowest BCUT2D eigenvalue weighted by molar-refractivity contribution is -0.137. The van der Waals surface area contributed by atoms with Gasteiger partial charge in [0.2, 0.25) is 0 Å². The molecule has 0 radical (unpaired) electrons. The van der Waals surface area contributed by atoms with E-state index in [1.165, 1.54) is 36.9 Å². The molecular formula is C23H26F3N3O7S. The minimum Gasteiger partial charge on any atom is -0.453 e. The Morgan fingerprint density at radius 1 is 1.22 bits per heavy atom. The number of carbonyl (C=O) groups is 1. The fraction of sp³-hybridized carbons (Fsp3) is 0.435. The standard InChI is InChI=1S/C23H26F3N3O7S/c1-27-9-14(31)18(32)19(33)15(10-30)36-22(35)16-8-13-20(37-16)28-17(29(2)21(13)34)7-11-4-3-5-12(6-11)23(24,25)26/h3-6,8,14-15,18-19,27,30-33H,7,9-10H2,1-2H3/t14-,15+,18+,19+/m0/s1. The van der Waals surface area contributed by atoms with Crippen molar-refractivity contribution in [1.29, 1.82) is 0 Å². The van der Waals surface area contributed by atoms with Gasteiger partial charge in [-0.2, -0.15) is 13.2 Å². The Morgan fingerprint density at radius 3 is 2.54 bits per heavy atom. The molecule has 0 spiro atoms. The van der Waals surface area contributed by atoms with Gasteiger partial charge < -0.3 is 30.5 Å². The highest BCUT2D eigenvalue weighted by molar-refractivity contribution is 7.20. The molecule has 202 valence electrons. The average molecular weight is 546 g/mol. The summed E-state index contributed by atoms with van der Waals surface area (Å²) in [5.41, 5.74) is -1.08. The number of rotatable bonds is 10. The summed E-state index contributed by atoms with van der Waals surface area (Å²) in [4.78, 5) is 29.9. The van der Waals surface area contributed by atoms with E-state index >= 15 is 0 Å². The van der Waals surface area contributed by atoms with Crippen LogP contribution in [0.15, 0.2) is 35.1 Å². The SMILES string of the molecule is CNC[C@H](O)[C@@H](O)[C@H](O)[C@@H](CO)OC(=O)c1cc2c(=O)n(C)c(Cc3cccc(C(F)(F)F)c3)nc2s1. The van der Waals surface area contributed by atoms with Crippen LogP contribution in [0.1, 0.15) is 26.6 Å². The van der Waals surface area contributed by atoms with E-state index in [4.69, 9.17) is 4.74 Å². The summed E-state index contributed by atoms with van der Waals surface area (Å²) < 4.78 is 45.4. The van der Waals surface area contributed by atoms with Gasteiger partial charge in [0.15, 0.2) is 6.10 Å². The number of aliphatic hydroxyl groups is 4. The van der Waals surface area contributed by atoms with Crippen LogP contribution in [0.4, 0.5) is 13.2 Å². The molecule has 37 heavy (non-hydrogen) atoms. The van der Waals surface area contributed by atoms with Crippen molar-refractivity contribution in [2.75, 3.05) is 20.2 Å². The number of nitrogens with one attached hydrogen (secondary N) is 1. The number of ether oxygens (including phenoxy) is 1. The molecule has 0 fully saturated rings. The Balaban J connectivity index is 1.85. The van der Waals surface area contributed by atoms with E-state index in [0.29, 0.717) is 0 Å². The fourth-order valence-electron chi connectivity index (χ4n) is 3.59. The summed E-state index contributed by atoms with van der Waals surface area (Å²) >= 11 is 0.783. The van der Waals surface area contributed by atoms with Crippen LogP contribution >= 0.6 is 11.3 Å². The Kier molecular flexibility index (Phi) is 9.05. The summed E-state index contributed by atoms with van der Waals surface area (Å²) in [6.07, 6.45) is -11.1.